The second kappa shape index (κ2) is 5.62. The Hall–Kier alpha value is -1.06. The van der Waals surface area contributed by atoms with Crippen molar-refractivity contribution in [3.8, 4) is 0 Å². The van der Waals surface area contributed by atoms with E-state index in [0.717, 1.165) is 12.8 Å². The van der Waals surface area contributed by atoms with Gasteiger partial charge in [0.15, 0.2) is 0 Å². The molecule has 0 aromatic rings. The Bertz CT molecular complexity index is 215. The lowest BCUT2D eigenvalue weighted by atomic mass is 9.86. The standard InChI is InChI=1S/C10H17NO3/c1-2-14-10(11-13)7-8-3-5-9(12)6-4-8/h8,13H,2-7H2,1H3. The van der Waals surface area contributed by atoms with Crippen LogP contribution in [0, 0.1) is 5.92 Å². The monoisotopic (exact) mass is 199 g/mol. The molecule has 1 rings (SSSR count). The SMILES string of the molecule is CCOC(CC1CCC(=O)CC1)=NO. The first-order chi connectivity index (χ1) is 6.76. The first-order valence-electron chi connectivity index (χ1n) is 5.11. The van der Waals surface area contributed by atoms with Crippen LogP contribution in [0.3, 0.4) is 0 Å². The highest BCUT2D eigenvalue weighted by molar-refractivity contribution is 5.80. The van der Waals surface area contributed by atoms with Crippen molar-refractivity contribution >= 4 is 11.7 Å². The fourth-order valence-corrected chi connectivity index (χ4v) is 1.75. The topological polar surface area (TPSA) is 58.9 Å². The molecule has 0 saturated heterocycles. The molecule has 0 radical (unpaired) electrons. The number of nitrogens with zero attached hydrogens (tertiary/aromatic N) is 1. The molecule has 14 heavy (non-hydrogen) atoms. The van der Waals surface area contributed by atoms with Crippen molar-refractivity contribution in [3.63, 3.8) is 0 Å². The van der Waals surface area contributed by atoms with Crippen molar-refractivity contribution in [2.24, 2.45) is 11.1 Å². The van der Waals surface area contributed by atoms with Gasteiger partial charge in [-0.15, -0.1) is 0 Å². The van der Waals surface area contributed by atoms with Crippen LogP contribution in [-0.2, 0) is 9.53 Å². The molecular formula is C10H17NO3. The van der Waals surface area contributed by atoms with Crippen LogP contribution in [0.15, 0.2) is 5.16 Å². The Balaban J connectivity index is 2.32. The van der Waals surface area contributed by atoms with E-state index < -0.39 is 0 Å². The maximum Gasteiger partial charge on any atom is 0.225 e. The van der Waals surface area contributed by atoms with Gasteiger partial charge in [-0.2, -0.15) is 0 Å². The summed E-state index contributed by atoms with van der Waals surface area (Å²) in [6, 6.07) is 0. The highest BCUT2D eigenvalue weighted by Gasteiger charge is 2.20. The van der Waals surface area contributed by atoms with Crippen LogP contribution in [0.25, 0.3) is 0 Å². The molecule has 1 fully saturated rings. The summed E-state index contributed by atoms with van der Waals surface area (Å²) in [5.74, 6) is 1.18. The van der Waals surface area contributed by atoms with Gasteiger partial charge in [0, 0.05) is 19.3 Å². The molecule has 4 nitrogen and oxygen atoms in total. The van der Waals surface area contributed by atoms with Crippen LogP contribution in [0.1, 0.15) is 39.0 Å². The van der Waals surface area contributed by atoms with Crippen molar-refractivity contribution in [2.45, 2.75) is 39.0 Å². The third-order valence-electron chi connectivity index (χ3n) is 2.55. The van der Waals surface area contributed by atoms with E-state index >= 15 is 0 Å². The first kappa shape index (κ1) is 11.0. The molecule has 0 amide bonds. The van der Waals surface area contributed by atoms with Crippen LogP contribution < -0.4 is 0 Å². The first-order valence-corrected chi connectivity index (χ1v) is 5.11. The second-order valence-corrected chi connectivity index (χ2v) is 3.61. The number of carbonyl (C=O) groups excluding carboxylic acids is 1. The van der Waals surface area contributed by atoms with Gasteiger partial charge in [-0.3, -0.25) is 4.79 Å². The Morgan fingerprint density at radius 2 is 2.21 bits per heavy atom. The smallest absolute Gasteiger partial charge is 0.225 e. The van der Waals surface area contributed by atoms with E-state index in [-0.39, 0.29) is 0 Å². The molecule has 1 N–H and O–H groups in total. The van der Waals surface area contributed by atoms with Gasteiger partial charge in [0.1, 0.15) is 5.78 Å². The number of ether oxygens (including phenoxy) is 1. The number of hydrogen-bond donors (Lipinski definition) is 1. The Labute approximate surface area is 83.9 Å². The fraction of sp³-hybridized carbons (Fsp3) is 0.800. The maximum atomic E-state index is 11.0. The number of carbonyl (C=O) groups is 1. The van der Waals surface area contributed by atoms with Gasteiger partial charge in [-0.1, -0.05) is 5.16 Å². The third kappa shape index (κ3) is 3.36. The van der Waals surface area contributed by atoms with E-state index in [1.54, 1.807) is 0 Å². The predicted octanol–water partition coefficient (Wildman–Crippen LogP) is 1.96. The minimum absolute atomic E-state index is 0.347. The van der Waals surface area contributed by atoms with Crippen LogP contribution in [0.2, 0.25) is 0 Å². The molecule has 0 aromatic carbocycles. The summed E-state index contributed by atoms with van der Waals surface area (Å²) in [7, 11) is 0. The molecule has 80 valence electrons. The van der Waals surface area contributed by atoms with Gasteiger partial charge in [0.25, 0.3) is 0 Å². The third-order valence-corrected chi connectivity index (χ3v) is 2.55. The van der Waals surface area contributed by atoms with E-state index in [9.17, 15) is 4.79 Å². The zero-order valence-corrected chi connectivity index (χ0v) is 8.53. The van der Waals surface area contributed by atoms with E-state index in [1.165, 1.54) is 0 Å². The molecule has 0 spiro atoms. The molecule has 0 bridgehead atoms. The number of hydrogen-bond acceptors (Lipinski definition) is 4. The molecule has 0 atom stereocenters. The summed E-state index contributed by atoms with van der Waals surface area (Å²) in [5.41, 5.74) is 0. The largest absolute Gasteiger partial charge is 0.479 e. The van der Waals surface area contributed by atoms with E-state index in [4.69, 9.17) is 9.94 Å². The normalized spacial score (nSPS) is 19.8. The van der Waals surface area contributed by atoms with Crippen LogP contribution in [0.4, 0.5) is 0 Å². The van der Waals surface area contributed by atoms with E-state index in [0.29, 0.717) is 43.5 Å². The molecule has 0 aromatic heterocycles. The minimum atomic E-state index is 0.347. The average molecular weight is 199 g/mol. The van der Waals surface area contributed by atoms with Crippen molar-refractivity contribution in [1.29, 1.82) is 0 Å². The highest BCUT2D eigenvalue weighted by Crippen LogP contribution is 2.24. The molecule has 1 saturated carbocycles. The van der Waals surface area contributed by atoms with Gasteiger partial charge in [-0.05, 0) is 25.7 Å². The summed E-state index contributed by atoms with van der Waals surface area (Å²) in [5, 5.41) is 11.7. The van der Waals surface area contributed by atoms with Crippen molar-refractivity contribution in [2.75, 3.05) is 6.61 Å². The van der Waals surface area contributed by atoms with Gasteiger partial charge in [-0.25, -0.2) is 0 Å². The second-order valence-electron chi connectivity index (χ2n) is 3.61. The van der Waals surface area contributed by atoms with Crippen LogP contribution in [0.5, 0.6) is 0 Å². The summed E-state index contributed by atoms with van der Waals surface area (Å²) < 4.78 is 5.14. The van der Waals surface area contributed by atoms with Crippen molar-refractivity contribution < 1.29 is 14.7 Å². The van der Waals surface area contributed by atoms with E-state index in [1.807, 2.05) is 6.92 Å². The van der Waals surface area contributed by atoms with Gasteiger partial charge < -0.3 is 9.94 Å². The summed E-state index contributed by atoms with van der Waals surface area (Å²) in [6.07, 6.45) is 3.76. The molecule has 0 aliphatic heterocycles. The highest BCUT2D eigenvalue weighted by atomic mass is 16.5. The van der Waals surface area contributed by atoms with Crippen molar-refractivity contribution in [1.82, 2.24) is 0 Å². The maximum absolute atomic E-state index is 11.0. The summed E-state index contributed by atoms with van der Waals surface area (Å²) in [6.45, 7) is 2.38. The molecule has 1 aliphatic rings. The predicted molar refractivity (Wildman–Crippen MR) is 52.4 cm³/mol. The molecular weight excluding hydrogens is 182 g/mol. The Kier molecular flexibility index (Phi) is 4.43. The number of rotatable bonds is 3. The zero-order valence-electron chi connectivity index (χ0n) is 8.53. The van der Waals surface area contributed by atoms with E-state index in [2.05, 4.69) is 5.16 Å². The zero-order chi connectivity index (χ0) is 10.4. The van der Waals surface area contributed by atoms with Crippen LogP contribution in [-0.4, -0.2) is 23.5 Å². The Morgan fingerprint density at radius 3 is 2.71 bits per heavy atom. The molecule has 4 heteroatoms. The lowest BCUT2D eigenvalue weighted by Crippen LogP contribution is -2.18. The molecule has 0 heterocycles. The fourth-order valence-electron chi connectivity index (χ4n) is 1.75. The molecule has 0 unspecified atom stereocenters. The average Bonchev–Trinajstić information content (AvgIpc) is 2.20. The van der Waals surface area contributed by atoms with Gasteiger partial charge in [0.05, 0.1) is 6.61 Å². The van der Waals surface area contributed by atoms with Crippen molar-refractivity contribution in [3.05, 3.63) is 0 Å². The lowest BCUT2D eigenvalue weighted by Gasteiger charge is -2.20. The number of oxime groups is 1. The number of ketones is 1. The quantitative estimate of drug-likeness (QED) is 0.327. The van der Waals surface area contributed by atoms with Gasteiger partial charge in [0.2, 0.25) is 5.90 Å². The lowest BCUT2D eigenvalue weighted by molar-refractivity contribution is -0.120. The van der Waals surface area contributed by atoms with Gasteiger partial charge >= 0.3 is 0 Å². The summed E-state index contributed by atoms with van der Waals surface area (Å²) in [4.78, 5) is 11.0. The summed E-state index contributed by atoms with van der Waals surface area (Å²) >= 11 is 0. The number of Topliss-reactive ketones (excluding diaryl/α,β-unsaturated/α-hetero) is 1. The Morgan fingerprint density at radius 1 is 1.57 bits per heavy atom. The molecule has 1 aliphatic carbocycles. The van der Waals surface area contributed by atoms with Crippen LogP contribution >= 0.6 is 0 Å². The minimum Gasteiger partial charge on any atom is -0.479 e.